The van der Waals surface area contributed by atoms with Crippen LogP contribution in [0, 0.1) is 0 Å². The van der Waals surface area contributed by atoms with E-state index in [4.69, 9.17) is 37.1 Å². The van der Waals surface area contributed by atoms with Gasteiger partial charge in [-0.05, 0) is 24.3 Å². The topological polar surface area (TPSA) is 34.8 Å². The molecule has 2 rings (SSSR count). The maximum Gasteiger partial charge on any atom is 0.139 e. The highest BCUT2D eigenvalue weighted by molar-refractivity contribution is 6.34. The van der Waals surface area contributed by atoms with Crippen LogP contribution in [0.4, 0.5) is 0 Å². The quantitative estimate of drug-likeness (QED) is 0.686. The smallest absolute Gasteiger partial charge is 0.139 e. The lowest BCUT2D eigenvalue weighted by Gasteiger charge is -2.21. The van der Waals surface area contributed by atoms with Crippen LogP contribution in [-0.4, -0.2) is 38.3 Å². The summed E-state index contributed by atoms with van der Waals surface area (Å²) in [6.07, 6.45) is 1.67. The summed E-state index contributed by atoms with van der Waals surface area (Å²) in [5.74, 6) is 1.51. The van der Waals surface area contributed by atoms with E-state index in [-0.39, 0.29) is 0 Å². The normalized spacial score (nSPS) is 11.1. The van der Waals surface area contributed by atoms with Gasteiger partial charge in [0.2, 0.25) is 0 Å². The molecule has 22 heavy (non-hydrogen) atoms. The molecule has 0 aliphatic carbocycles. The molecule has 0 unspecified atom stereocenters. The molecule has 0 fully saturated rings. The van der Waals surface area contributed by atoms with E-state index in [9.17, 15) is 0 Å². The number of methoxy groups -OCH3 is 1. The van der Waals surface area contributed by atoms with Crippen molar-refractivity contribution in [3.05, 3.63) is 52.4 Å². The Labute approximate surface area is 140 Å². The van der Waals surface area contributed by atoms with E-state index < -0.39 is 0 Å². The summed E-state index contributed by atoms with van der Waals surface area (Å²) in [5.41, 5.74) is 0. The molecule has 1 heterocycles. The molecule has 0 bridgehead atoms. The van der Waals surface area contributed by atoms with Crippen LogP contribution in [0.2, 0.25) is 10.0 Å². The van der Waals surface area contributed by atoms with Gasteiger partial charge in [-0.3, -0.25) is 4.90 Å². The highest BCUT2D eigenvalue weighted by Gasteiger charge is 2.09. The predicted molar refractivity (Wildman–Crippen MR) is 87.8 cm³/mol. The Hall–Kier alpha value is -1.20. The number of rotatable bonds is 9. The molecule has 6 heteroatoms. The van der Waals surface area contributed by atoms with Gasteiger partial charge in [-0.25, -0.2) is 0 Å². The zero-order valence-electron chi connectivity index (χ0n) is 12.4. The number of benzene rings is 1. The third-order valence-corrected chi connectivity index (χ3v) is 3.68. The first-order valence-electron chi connectivity index (χ1n) is 7.00. The maximum atomic E-state index is 6.08. The number of halogens is 2. The Morgan fingerprint density at radius 3 is 2.68 bits per heavy atom. The first-order valence-corrected chi connectivity index (χ1v) is 7.76. The van der Waals surface area contributed by atoms with E-state index in [1.165, 1.54) is 0 Å². The van der Waals surface area contributed by atoms with Gasteiger partial charge in [0, 0.05) is 31.3 Å². The predicted octanol–water partition coefficient (Wildman–Crippen LogP) is 4.11. The molecule has 1 aromatic carbocycles. The molecule has 1 aromatic heterocycles. The van der Waals surface area contributed by atoms with Crippen molar-refractivity contribution in [2.75, 3.05) is 33.4 Å². The van der Waals surface area contributed by atoms with Gasteiger partial charge in [-0.1, -0.05) is 23.2 Å². The summed E-state index contributed by atoms with van der Waals surface area (Å²) < 4.78 is 16.2. The first kappa shape index (κ1) is 17.2. The lowest BCUT2D eigenvalue weighted by Crippen LogP contribution is -2.31. The minimum absolute atomic E-state index is 0.504. The van der Waals surface area contributed by atoms with Crippen molar-refractivity contribution in [2.45, 2.75) is 6.54 Å². The summed E-state index contributed by atoms with van der Waals surface area (Å²) in [6, 6.07) is 9.01. The van der Waals surface area contributed by atoms with Crippen molar-refractivity contribution in [3.8, 4) is 5.75 Å². The van der Waals surface area contributed by atoms with Crippen molar-refractivity contribution < 1.29 is 13.9 Å². The minimum Gasteiger partial charge on any atom is -0.491 e. The van der Waals surface area contributed by atoms with Crippen LogP contribution < -0.4 is 4.74 Å². The molecule has 0 spiro atoms. The van der Waals surface area contributed by atoms with Crippen molar-refractivity contribution in [1.82, 2.24) is 4.90 Å². The molecule has 0 saturated heterocycles. The molecular weight excluding hydrogens is 325 g/mol. The average molecular weight is 344 g/mol. The molecule has 0 atom stereocenters. The van der Waals surface area contributed by atoms with E-state index in [0.717, 1.165) is 18.8 Å². The number of hydrogen-bond donors (Lipinski definition) is 0. The van der Waals surface area contributed by atoms with E-state index in [2.05, 4.69) is 4.90 Å². The standard InChI is InChI=1S/C16H19Cl2NO3/c1-20-9-6-19(12-14-3-2-8-21-14)7-10-22-16-11-13(17)4-5-15(16)18/h2-5,8,11H,6-7,9-10,12H2,1H3. The van der Waals surface area contributed by atoms with Gasteiger partial charge < -0.3 is 13.9 Å². The molecule has 0 aliphatic heterocycles. The molecule has 2 aromatic rings. The average Bonchev–Trinajstić information content (AvgIpc) is 3.01. The first-order chi connectivity index (χ1) is 10.7. The fourth-order valence-electron chi connectivity index (χ4n) is 1.99. The lowest BCUT2D eigenvalue weighted by molar-refractivity contribution is 0.126. The molecule has 0 radical (unpaired) electrons. The van der Waals surface area contributed by atoms with E-state index in [0.29, 0.717) is 35.6 Å². The number of ether oxygens (including phenoxy) is 2. The van der Waals surface area contributed by atoms with Gasteiger partial charge >= 0.3 is 0 Å². The molecule has 120 valence electrons. The van der Waals surface area contributed by atoms with Crippen LogP contribution in [0.1, 0.15) is 5.76 Å². The second-order valence-corrected chi connectivity index (χ2v) is 5.62. The highest BCUT2D eigenvalue weighted by Crippen LogP contribution is 2.27. The zero-order chi connectivity index (χ0) is 15.8. The van der Waals surface area contributed by atoms with Crippen LogP contribution in [0.15, 0.2) is 41.0 Å². The third kappa shape index (κ3) is 5.54. The molecule has 4 nitrogen and oxygen atoms in total. The molecule has 0 amide bonds. The Kier molecular flexibility index (Phi) is 7.06. The Bertz CT molecular complexity index is 561. The summed E-state index contributed by atoms with van der Waals surface area (Å²) in [5, 5.41) is 1.16. The van der Waals surface area contributed by atoms with Gasteiger partial charge in [0.15, 0.2) is 0 Å². The summed E-state index contributed by atoms with van der Waals surface area (Å²) in [6.45, 7) is 3.39. The monoisotopic (exact) mass is 343 g/mol. The van der Waals surface area contributed by atoms with Gasteiger partial charge in [-0.2, -0.15) is 0 Å². The van der Waals surface area contributed by atoms with Crippen LogP contribution in [0.3, 0.4) is 0 Å². The van der Waals surface area contributed by atoms with Crippen LogP contribution in [-0.2, 0) is 11.3 Å². The molecule has 0 aliphatic rings. The van der Waals surface area contributed by atoms with Gasteiger partial charge in [0.05, 0.1) is 24.4 Å². The van der Waals surface area contributed by atoms with Crippen molar-refractivity contribution >= 4 is 23.2 Å². The number of nitrogens with zero attached hydrogens (tertiary/aromatic N) is 1. The minimum atomic E-state index is 0.504. The van der Waals surface area contributed by atoms with E-state index in [1.807, 2.05) is 12.1 Å². The van der Waals surface area contributed by atoms with Gasteiger partial charge in [0.1, 0.15) is 18.1 Å². The third-order valence-electron chi connectivity index (χ3n) is 3.13. The number of furan rings is 1. The van der Waals surface area contributed by atoms with Crippen LogP contribution >= 0.6 is 23.2 Å². The Morgan fingerprint density at radius 2 is 1.95 bits per heavy atom. The molecular formula is C16H19Cl2NO3. The highest BCUT2D eigenvalue weighted by atomic mass is 35.5. The lowest BCUT2D eigenvalue weighted by atomic mass is 10.3. The molecule has 0 saturated carbocycles. The van der Waals surface area contributed by atoms with Crippen LogP contribution in [0.5, 0.6) is 5.75 Å². The second-order valence-electron chi connectivity index (χ2n) is 4.77. The van der Waals surface area contributed by atoms with Gasteiger partial charge in [0.25, 0.3) is 0 Å². The van der Waals surface area contributed by atoms with Crippen molar-refractivity contribution in [1.29, 1.82) is 0 Å². The summed E-state index contributed by atoms with van der Waals surface area (Å²) in [4.78, 5) is 2.20. The Balaban J connectivity index is 1.86. The van der Waals surface area contributed by atoms with Gasteiger partial charge in [-0.15, -0.1) is 0 Å². The van der Waals surface area contributed by atoms with Crippen LogP contribution in [0.25, 0.3) is 0 Å². The van der Waals surface area contributed by atoms with E-state index in [1.54, 1.807) is 31.6 Å². The maximum absolute atomic E-state index is 6.08. The number of hydrogen-bond acceptors (Lipinski definition) is 4. The van der Waals surface area contributed by atoms with Crippen molar-refractivity contribution in [3.63, 3.8) is 0 Å². The Morgan fingerprint density at radius 1 is 1.14 bits per heavy atom. The summed E-state index contributed by atoms with van der Waals surface area (Å²) >= 11 is 12.0. The van der Waals surface area contributed by atoms with Crippen molar-refractivity contribution in [2.24, 2.45) is 0 Å². The second kappa shape index (κ2) is 9.06. The SMILES string of the molecule is COCCN(CCOc1cc(Cl)ccc1Cl)Cc1ccco1. The summed E-state index contributed by atoms with van der Waals surface area (Å²) in [7, 11) is 1.69. The fraction of sp³-hybridized carbons (Fsp3) is 0.375. The molecule has 0 N–H and O–H groups in total. The zero-order valence-corrected chi connectivity index (χ0v) is 13.9. The largest absolute Gasteiger partial charge is 0.491 e. The van der Waals surface area contributed by atoms with E-state index >= 15 is 0 Å². The fourth-order valence-corrected chi connectivity index (χ4v) is 2.32.